The monoisotopic (exact) mass is 134 g/mol. The van der Waals surface area contributed by atoms with Crippen molar-refractivity contribution >= 4 is 0 Å². The minimum Gasteiger partial charge on any atom is -0.633 e. The summed E-state index contributed by atoms with van der Waals surface area (Å²) >= 11 is 0. The van der Waals surface area contributed by atoms with Crippen molar-refractivity contribution in [1.82, 2.24) is 0 Å². The molecule has 9 heavy (non-hydrogen) atoms. The topological polar surface area (TPSA) is 58.3 Å². The third-order valence-electron chi connectivity index (χ3n) is 0.959. The van der Waals surface area contributed by atoms with Crippen molar-refractivity contribution in [3.63, 3.8) is 0 Å². The maximum Gasteiger partial charge on any atom is 0.0802 e. The van der Waals surface area contributed by atoms with Crippen LogP contribution in [0.15, 0.2) is 0 Å². The van der Waals surface area contributed by atoms with Crippen molar-refractivity contribution in [2.45, 2.75) is 6.42 Å². The van der Waals surface area contributed by atoms with Gasteiger partial charge in [-0.3, -0.25) is 0 Å². The zero-order valence-corrected chi connectivity index (χ0v) is 5.96. The Kier molecular flexibility index (Phi) is 3.72. The second-order valence-corrected chi connectivity index (χ2v) is 2.52. The molecule has 4 nitrogen and oxygen atoms in total. The van der Waals surface area contributed by atoms with E-state index in [-0.39, 0.29) is 4.65 Å². The lowest BCUT2D eigenvalue weighted by Gasteiger charge is -2.33. The van der Waals surface area contributed by atoms with E-state index in [1.165, 1.54) is 0 Å². The Balaban J connectivity index is 3.07. The molecule has 4 heteroatoms. The second-order valence-electron chi connectivity index (χ2n) is 2.52. The number of rotatable bonds is 4. The minimum atomic E-state index is -0.274. The molecule has 0 aromatic rings. The molecule has 0 aliphatic heterocycles. The van der Waals surface area contributed by atoms with Crippen LogP contribution in [-0.2, 0) is 4.84 Å². The van der Waals surface area contributed by atoms with Gasteiger partial charge in [-0.15, -0.1) is 0 Å². The largest absolute Gasteiger partial charge is 0.633 e. The SMILES string of the molecule is C[N+](C)([O-])CCCON. The molecule has 0 bridgehead atoms. The van der Waals surface area contributed by atoms with Gasteiger partial charge in [-0.1, -0.05) is 0 Å². The molecule has 0 rings (SSSR count). The molecule has 0 saturated heterocycles. The standard InChI is InChI=1S/C5H14N2O2/c1-7(2,8)4-3-5-9-6/h3-6H2,1-2H3. The lowest BCUT2D eigenvalue weighted by Crippen LogP contribution is -2.33. The van der Waals surface area contributed by atoms with Gasteiger partial charge in [0, 0.05) is 6.42 Å². The van der Waals surface area contributed by atoms with Crippen molar-refractivity contribution in [2.24, 2.45) is 5.90 Å². The van der Waals surface area contributed by atoms with Gasteiger partial charge in [-0.05, 0) is 0 Å². The summed E-state index contributed by atoms with van der Waals surface area (Å²) in [7, 11) is 3.19. The fourth-order valence-corrected chi connectivity index (χ4v) is 0.529. The van der Waals surface area contributed by atoms with E-state index in [9.17, 15) is 5.21 Å². The number of nitrogens with zero attached hydrogens (tertiary/aromatic N) is 1. The molecule has 0 aromatic heterocycles. The molecule has 0 unspecified atom stereocenters. The normalized spacial score (nSPS) is 12.0. The smallest absolute Gasteiger partial charge is 0.0802 e. The Labute approximate surface area is 55.3 Å². The van der Waals surface area contributed by atoms with Crippen LogP contribution >= 0.6 is 0 Å². The van der Waals surface area contributed by atoms with Gasteiger partial charge in [0.25, 0.3) is 0 Å². The van der Waals surface area contributed by atoms with Crippen LogP contribution in [0.4, 0.5) is 0 Å². The fraction of sp³-hybridized carbons (Fsp3) is 1.00. The van der Waals surface area contributed by atoms with Crippen molar-refractivity contribution in [3.8, 4) is 0 Å². The lowest BCUT2D eigenvalue weighted by molar-refractivity contribution is -0.840. The average Bonchev–Trinajstić information content (AvgIpc) is 1.63. The molecule has 0 fully saturated rings. The van der Waals surface area contributed by atoms with Crippen LogP contribution in [0.1, 0.15) is 6.42 Å². The highest BCUT2D eigenvalue weighted by Crippen LogP contribution is 1.93. The first-order valence-corrected chi connectivity index (χ1v) is 2.92. The van der Waals surface area contributed by atoms with Gasteiger partial charge < -0.3 is 14.7 Å². The number of nitrogens with two attached hydrogens (primary N) is 1. The van der Waals surface area contributed by atoms with Crippen molar-refractivity contribution < 1.29 is 9.48 Å². The summed E-state index contributed by atoms with van der Waals surface area (Å²) < 4.78 is -0.274. The molecule has 0 aromatic carbocycles. The number of quaternary nitrogens is 1. The number of hydroxylamine groups is 3. The van der Waals surface area contributed by atoms with Gasteiger partial charge in [-0.25, -0.2) is 5.90 Å². The average molecular weight is 134 g/mol. The van der Waals surface area contributed by atoms with E-state index in [2.05, 4.69) is 4.84 Å². The molecule has 0 amide bonds. The molecule has 0 atom stereocenters. The predicted octanol–water partition coefficient (Wildman–Crippen LogP) is -0.159. The van der Waals surface area contributed by atoms with E-state index in [4.69, 9.17) is 5.90 Å². The van der Waals surface area contributed by atoms with Crippen LogP contribution in [0, 0.1) is 5.21 Å². The van der Waals surface area contributed by atoms with E-state index >= 15 is 0 Å². The van der Waals surface area contributed by atoms with E-state index in [1.807, 2.05) is 0 Å². The molecular weight excluding hydrogens is 120 g/mol. The van der Waals surface area contributed by atoms with Crippen molar-refractivity contribution in [1.29, 1.82) is 0 Å². The maximum atomic E-state index is 10.8. The summed E-state index contributed by atoms with van der Waals surface area (Å²) in [6.07, 6.45) is 0.715. The third-order valence-corrected chi connectivity index (χ3v) is 0.959. The van der Waals surface area contributed by atoms with E-state index in [0.717, 1.165) is 0 Å². The summed E-state index contributed by atoms with van der Waals surface area (Å²) in [6, 6.07) is 0. The molecule has 56 valence electrons. The van der Waals surface area contributed by atoms with Gasteiger partial charge in [0.2, 0.25) is 0 Å². The maximum absolute atomic E-state index is 10.8. The molecule has 0 aliphatic carbocycles. The number of hydrogen-bond acceptors (Lipinski definition) is 3. The first-order valence-electron chi connectivity index (χ1n) is 2.92. The van der Waals surface area contributed by atoms with Crippen molar-refractivity contribution in [2.75, 3.05) is 27.2 Å². The summed E-state index contributed by atoms with van der Waals surface area (Å²) in [5.74, 6) is 4.75. The van der Waals surface area contributed by atoms with E-state index in [0.29, 0.717) is 19.6 Å². The van der Waals surface area contributed by atoms with Crippen LogP contribution in [0.5, 0.6) is 0 Å². The van der Waals surface area contributed by atoms with Crippen LogP contribution in [0.3, 0.4) is 0 Å². The lowest BCUT2D eigenvalue weighted by atomic mass is 10.4. The van der Waals surface area contributed by atoms with Crippen LogP contribution in [-0.4, -0.2) is 31.9 Å². The van der Waals surface area contributed by atoms with Gasteiger partial charge in [0.05, 0.1) is 27.2 Å². The Morgan fingerprint density at radius 3 is 2.44 bits per heavy atom. The van der Waals surface area contributed by atoms with E-state index < -0.39 is 0 Å². The highest BCUT2D eigenvalue weighted by molar-refractivity contribution is 4.33. The molecule has 0 aliphatic rings. The zero-order chi connectivity index (χ0) is 7.33. The minimum absolute atomic E-state index is 0.274. The Morgan fingerprint density at radius 2 is 2.11 bits per heavy atom. The zero-order valence-electron chi connectivity index (χ0n) is 5.96. The first kappa shape index (κ1) is 8.84. The Morgan fingerprint density at radius 1 is 1.56 bits per heavy atom. The summed E-state index contributed by atoms with van der Waals surface area (Å²) in [4.78, 5) is 4.29. The van der Waals surface area contributed by atoms with Gasteiger partial charge in [0.1, 0.15) is 0 Å². The molecule has 2 N–H and O–H groups in total. The highest BCUT2D eigenvalue weighted by Gasteiger charge is 1.99. The number of hydrogen-bond donors (Lipinski definition) is 1. The Hall–Kier alpha value is -0.160. The van der Waals surface area contributed by atoms with Gasteiger partial charge in [-0.2, -0.15) is 0 Å². The van der Waals surface area contributed by atoms with Gasteiger partial charge in [0.15, 0.2) is 0 Å². The van der Waals surface area contributed by atoms with Crippen molar-refractivity contribution in [3.05, 3.63) is 5.21 Å². The Bertz CT molecular complexity index is 69.8. The molecule has 0 radical (unpaired) electrons. The molecule has 0 saturated carbocycles. The second kappa shape index (κ2) is 3.79. The fourth-order valence-electron chi connectivity index (χ4n) is 0.529. The highest BCUT2D eigenvalue weighted by atomic mass is 16.6. The predicted molar refractivity (Wildman–Crippen MR) is 35.1 cm³/mol. The van der Waals surface area contributed by atoms with Crippen LogP contribution in [0.2, 0.25) is 0 Å². The molecule has 0 spiro atoms. The van der Waals surface area contributed by atoms with Gasteiger partial charge >= 0.3 is 0 Å². The molecule has 0 heterocycles. The first-order chi connectivity index (χ1) is 4.06. The molecular formula is C5H14N2O2. The summed E-state index contributed by atoms with van der Waals surface area (Å²) in [5, 5.41) is 10.8. The summed E-state index contributed by atoms with van der Waals surface area (Å²) in [6.45, 7) is 1.01. The third kappa shape index (κ3) is 7.84. The van der Waals surface area contributed by atoms with Crippen LogP contribution < -0.4 is 5.90 Å². The summed E-state index contributed by atoms with van der Waals surface area (Å²) in [5.41, 5.74) is 0. The van der Waals surface area contributed by atoms with Crippen LogP contribution in [0.25, 0.3) is 0 Å². The van der Waals surface area contributed by atoms with E-state index in [1.54, 1.807) is 14.1 Å². The quantitative estimate of drug-likeness (QED) is 0.330.